The largest absolute Gasteiger partial charge is 0.434 e. The van der Waals surface area contributed by atoms with Gasteiger partial charge in [-0.05, 0) is 30.7 Å². The minimum absolute atomic E-state index is 0.591. The van der Waals surface area contributed by atoms with Crippen LogP contribution in [-0.4, -0.2) is 9.97 Å². The van der Waals surface area contributed by atoms with Crippen LogP contribution in [0, 0.1) is 6.92 Å². The van der Waals surface area contributed by atoms with E-state index in [1.165, 1.54) is 11.3 Å². The molecule has 3 heterocycles. The fraction of sp³-hybridized carbons (Fsp3) is 0.0909. The first-order chi connectivity index (χ1) is 7.74. The molecular formula is C11H9N3OS. The summed E-state index contributed by atoms with van der Waals surface area (Å²) < 4.78 is 5.63. The van der Waals surface area contributed by atoms with Crippen LogP contribution < -0.4 is 5.73 Å². The Morgan fingerprint density at radius 2 is 2.31 bits per heavy atom. The molecule has 0 atom stereocenters. The van der Waals surface area contributed by atoms with Gasteiger partial charge in [0.1, 0.15) is 0 Å². The highest BCUT2D eigenvalue weighted by molar-refractivity contribution is 7.19. The molecule has 16 heavy (non-hydrogen) atoms. The maximum atomic E-state index is 5.74. The van der Waals surface area contributed by atoms with Crippen molar-refractivity contribution in [3.05, 3.63) is 30.0 Å². The van der Waals surface area contributed by atoms with Crippen LogP contribution in [-0.2, 0) is 0 Å². The van der Waals surface area contributed by atoms with Crippen molar-refractivity contribution in [2.75, 3.05) is 5.73 Å². The van der Waals surface area contributed by atoms with E-state index in [0.29, 0.717) is 17.1 Å². The predicted molar refractivity (Wildman–Crippen MR) is 64.3 cm³/mol. The number of hydrogen-bond donors (Lipinski definition) is 1. The second-order valence-corrected chi connectivity index (χ2v) is 4.59. The Bertz CT molecular complexity index is 623. The zero-order valence-electron chi connectivity index (χ0n) is 8.60. The van der Waals surface area contributed by atoms with Crippen molar-refractivity contribution in [3.8, 4) is 10.8 Å². The number of hydrogen-bond acceptors (Lipinski definition) is 5. The molecule has 4 nitrogen and oxygen atoms in total. The van der Waals surface area contributed by atoms with Crippen molar-refractivity contribution < 1.29 is 4.42 Å². The van der Waals surface area contributed by atoms with Crippen molar-refractivity contribution in [2.45, 2.75) is 6.92 Å². The molecule has 0 radical (unpaired) electrons. The molecule has 0 bridgehead atoms. The first-order valence-corrected chi connectivity index (χ1v) is 5.63. The van der Waals surface area contributed by atoms with E-state index in [9.17, 15) is 0 Å². The van der Waals surface area contributed by atoms with Crippen molar-refractivity contribution in [1.82, 2.24) is 9.97 Å². The molecule has 5 heteroatoms. The third-order valence-corrected chi connectivity index (χ3v) is 3.35. The monoisotopic (exact) mass is 231 g/mol. The van der Waals surface area contributed by atoms with E-state index in [2.05, 4.69) is 9.97 Å². The molecule has 0 fully saturated rings. The number of nitrogens with two attached hydrogens (primary N) is 1. The van der Waals surface area contributed by atoms with Crippen LogP contribution in [0.3, 0.4) is 0 Å². The van der Waals surface area contributed by atoms with Crippen molar-refractivity contribution in [1.29, 1.82) is 0 Å². The third kappa shape index (κ3) is 1.37. The molecule has 0 aliphatic heterocycles. The highest BCUT2D eigenvalue weighted by Gasteiger charge is 2.13. The molecule has 80 valence electrons. The van der Waals surface area contributed by atoms with Crippen LogP contribution in [0.2, 0.25) is 0 Å². The van der Waals surface area contributed by atoms with Crippen LogP contribution in [0.1, 0.15) is 5.56 Å². The summed E-state index contributed by atoms with van der Waals surface area (Å²) in [6.45, 7) is 1.99. The van der Waals surface area contributed by atoms with Gasteiger partial charge in [-0.25, -0.2) is 4.98 Å². The number of oxazole rings is 1. The van der Waals surface area contributed by atoms with Crippen LogP contribution in [0.4, 0.5) is 5.00 Å². The first kappa shape index (κ1) is 9.35. The smallest absolute Gasteiger partial charge is 0.239 e. The zero-order valence-corrected chi connectivity index (χ0v) is 9.41. The summed E-state index contributed by atoms with van der Waals surface area (Å²) in [7, 11) is 0. The van der Waals surface area contributed by atoms with Gasteiger partial charge in [0.15, 0.2) is 11.2 Å². The molecule has 0 saturated heterocycles. The van der Waals surface area contributed by atoms with E-state index in [-0.39, 0.29) is 0 Å². The van der Waals surface area contributed by atoms with Crippen LogP contribution in [0.25, 0.3) is 22.0 Å². The summed E-state index contributed by atoms with van der Waals surface area (Å²) in [5.41, 5.74) is 8.15. The molecule has 0 saturated carbocycles. The number of fused-ring (bicyclic) bond motifs is 1. The predicted octanol–water partition coefficient (Wildman–Crippen LogP) is 2.84. The molecule has 3 aromatic rings. The molecule has 0 amide bonds. The summed E-state index contributed by atoms with van der Waals surface area (Å²) in [4.78, 5) is 9.43. The molecule has 0 spiro atoms. The number of pyridine rings is 1. The van der Waals surface area contributed by atoms with Gasteiger partial charge in [-0.3, -0.25) is 0 Å². The standard InChI is InChI=1S/C11H9N3OS/c1-6-5-8(12)16-9(6)11-14-10-7(15-11)3-2-4-13-10/h2-5H,12H2,1H3. The number of aryl methyl sites for hydroxylation is 1. The highest BCUT2D eigenvalue weighted by atomic mass is 32.1. The van der Waals surface area contributed by atoms with Crippen molar-refractivity contribution in [3.63, 3.8) is 0 Å². The van der Waals surface area contributed by atoms with Gasteiger partial charge in [0.05, 0.1) is 9.88 Å². The lowest BCUT2D eigenvalue weighted by atomic mass is 10.3. The van der Waals surface area contributed by atoms with E-state index in [4.69, 9.17) is 10.2 Å². The molecule has 3 rings (SSSR count). The summed E-state index contributed by atoms with van der Waals surface area (Å²) in [6.07, 6.45) is 1.70. The Morgan fingerprint density at radius 1 is 1.44 bits per heavy atom. The number of rotatable bonds is 1. The van der Waals surface area contributed by atoms with E-state index in [1.807, 2.05) is 25.1 Å². The molecular weight excluding hydrogens is 222 g/mol. The Kier molecular flexibility index (Phi) is 1.94. The van der Waals surface area contributed by atoms with Gasteiger partial charge in [0.2, 0.25) is 5.89 Å². The Labute approximate surface area is 95.7 Å². The SMILES string of the molecule is Cc1cc(N)sc1-c1nc2ncccc2o1. The number of anilines is 1. The van der Waals surface area contributed by atoms with Crippen molar-refractivity contribution >= 4 is 27.6 Å². The summed E-state index contributed by atoms with van der Waals surface area (Å²) in [5, 5.41) is 0.766. The Hall–Kier alpha value is -1.88. The average Bonchev–Trinajstić information content (AvgIpc) is 2.81. The highest BCUT2D eigenvalue weighted by Crippen LogP contribution is 2.34. The fourth-order valence-electron chi connectivity index (χ4n) is 1.59. The van der Waals surface area contributed by atoms with Gasteiger partial charge in [0.25, 0.3) is 0 Å². The number of aromatic nitrogens is 2. The lowest BCUT2D eigenvalue weighted by molar-refractivity contribution is 0.621. The average molecular weight is 231 g/mol. The summed E-state index contributed by atoms with van der Waals surface area (Å²) >= 11 is 1.48. The topological polar surface area (TPSA) is 64.9 Å². The minimum Gasteiger partial charge on any atom is -0.434 e. The zero-order chi connectivity index (χ0) is 11.1. The molecule has 0 aliphatic rings. The van der Waals surface area contributed by atoms with E-state index < -0.39 is 0 Å². The molecule has 2 N–H and O–H groups in total. The van der Waals surface area contributed by atoms with E-state index in [0.717, 1.165) is 15.4 Å². The number of thiophene rings is 1. The number of nitrogens with zero attached hydrogens (tertiary/aromatic N) is 2. The minimum atomic E-state index is 0.591. The normalized spacial score (nSPS) is 11.1. The number of nitrogen functional groups attached to an aromatic ring is 1. The van der Waals surface area contributed by atoms with Gasteiger partial charge in [-0.2, -0.15) is 4.98 Å². The quantitative estimate of drug-likeness (QED) is 0.699. The fourth-order valence-corrected chi connectivity index (χ4v) is 2.45. The Balaban J connectivity index is 2.22. The van der Waals surface area contributed by atoms with Gasteiger partial charge in [-0.1, -0.05) is 0 Å². The van der Waals surface area contributed by atoms with Crippen LogP contribution in [0.5, 0.6) is 0 Å². The maximum absolute atomic E-state index is 5.74. The summed E-state index contributed by atoms with van der Waals surface area (Å²) in [5.74, 6) is 0.591. The molecule has 0 aromatic carbocycles. The molecule has 0 aliphatic carbocycles. The molecule has 0 unspecified atom stereocenters. The van der Waals surface area contributed by atoms with Gasteiger partial charge < -0.3 is 10.2 Å². The van der Waals surface area contributed by atoms with Crippen LogP contribution in [0.15, 0.2) is 28.8 Å². The summed E-state index contributed by atoms with van der Waals surface area (Å²) in [6, 6.07) is 5.60. The van der Waals surface area contributed by atoms with Gasteiger partial charge in [0, 0.05) is 6.20 Å². The van der Waals surface area contributed by atoms with Gasteiger partial charge >= 0.3 is 0 Å². The first-order valence-electron chi connectivity index (χ1n) is 4.82. The van der Waals surface area contributed by atoms with E-state index in [1.54, 1.807) is 6.20 Å². The lowest BCUT2D eigenvalue weighted by Crippen LogP contribution is -1.75. The lowest BCUT2D eigenvalue weighted by Gasteiger charge is -1.89. The second kappa shape index (κ2) is 3.31. The second-order valence-electron chi connectivity index (χ2n) is 3.51. The van der Waals surface area contributed by atoms with Crippen LogP contribution >= 0.6 is 11.3 Å². The Morgan fingerprint density at radius 3 is 3.00 bits per heavy atom. The third-order valence-electron chi connectivity index (χ3n) is 2.30. The molecule has 3 aromatic heterocycles. The van der Waals surface area contributed by atoms with E-state index >= 15 is 0 Å². The maximum Gasteiger partial charge on any atom is 0.239 e. The van der Waals surface area contributed by atoms with Crippen molar-refractivity contribution in [2.24, 2.45) is 0 Å². The van der Waals surface area contributed by atoms with Gasteiger partial charge in [-0.15, -0.1) is 11.3 Å².